The molecule has 0 unspecified atom stereocenters. The summed E-state index contributed by atoms with van der Waals surface area (Å²) in [5.41, 5.74) is 14.6. The second-order valence-corrected chi connectivity index (χ2v) is 17.1. The average molecular weight is 793 g/mol. The molecular weight excluding hydrogens is 757 g/mol. The van der Waals surface area contributed by atoms with E-state index in [1.807, 2.05) is 11.3 Å². The molecule has 0 aliphatic rings. The van der Waals surface area contributed by atoms with Gasteiger partial charge in [0.2, 0.25) is 0 Å². The SMILES string of the molecule is c1ccc(-n2c3ccccc3c3c(-c4ccc(-c5ccc6c(c5)c5ccccc5n6-c5ccc(-c6cccc7c6sc6ccccc67)cc5)c5ccccc45)cccc32)cc1. The van der Waals surface area contributed by atoms with Gasteiger partial charge in [-0.3, -0.25) is 0 Å². The van der Waals surface area contributed by atoms with Gasteiger partial charge in [-0.15, -0.1) is 11.3 Å². The van der Waals surface area contributed by atoms with Gasteiger partial charge in [0.25, 0.3) is 0 Å². The van der Waals surface area contributed by atoms with Crippen LogP contribution in [0.15, 0.2) is 218 Å². The summed E-state index contributed by atoms with van der Waals surface area (Å²) >= 11 is 1.88. The maximum atomic E-state index is 2.42. The molecule has 0 aliphatic heterocycles. The van der Waals surface area contributed by atoms with Crippen molar-refractivity contribution >= 4 is 85.9 Å². The Morgan fingerprint density at radius 2 is 0.820 bits per heavy atom. The summed E-state index contributed by atoms with van der Waals surface area (Å²) in [6.45, 7) is 0. The fraction of sp³-hybridized carbons (Fsp3) is 0. The number of hydrogen-bond donors (Lipinski definition) is 0. The highest BCUT2D eigenvalue weighted by atomic mass is 32.1. The molecule has 0 aliphatic carbocycles. The van der Waals surface area contributed by atoms with E-state index in [1.165, 1.54) is 114 Å². The lowest BCUT2D eigenvalue weighted by Crippen LogP contribution is -1.94. The molecule has 10 aromatic carbocycles. The van der Waals surface area contributed by atoms with Crippen molar-refractivity contribution < 1.29 is 0 Å². The first-order valence-electron chi connectivity index (χ1n) is 20.9. The number of para-hydroxylation sites is 3. The molecule has 0 N–H and O–H groups in total. The van der Waals surface area contributed by atoms with Crippen LogP contribution in [0, 0.1) is 0 Å². The number of aromatic nitrogens is 2. The van der Waals surface area contributed by atoms with E-state index in [1.54, 1.807) is 0 Å². The molecule has 0 spiro atoms. The molecule has 0 saturated carbocycles. The van der Waals surface area contributed by atoms with E-state index in [2.05, 4.69) is 228 Å². The molecule has 3 aromatic heterocycles. The fourth-order valence-electron chi connectivity index (χ4n) is 10.1. The van der Waals surface area contributed by atoms with Gasteiger partial charge in [-0.05, 0) is 105 Å². The Labute approximate surface area is 356 Å². The first-order chi connectivity index (χ1) is 30.3. The van der Waals surface area contributed by atoms with Gasteiger partial charge in [0.15, 0.2) is 0 Å². The zero-order valence-electron chi connectivity index (χ0n) is 33.1. The van der Waals surface area contributed by atoms with Crippen LogP contribution in [-0.2, 0) is 0 Å². The molecule has 0 amide bonds. The predicted octanol–water partition coefficient (Wildman–Crippen LogP) is 16.4. The highest BCUT2D eigenvalue weighted by Gasteiger charge is 2.20. The number of benzene rings is 10. The van der Waals surface area contributed by atoms with Gasteiger partial charge in [-0.2, -0.15) is 0 Å². The van der Waals surface area contributed by atoms with Crippen LogP contribution in [0.5, 0.6) is 0 Å². The normalized spacial score (nSPS) is 11.9. The topological polar surface area (TPSA) is 9.86 Å². The summed E-state index contributed by atoms with van der Waals surface area (Å²) in [4.78, 5) is 0. The second-order valence-electron chi connectivity index (χ2n) is 16.0. The molecule has 2 nitrogen and oxygen atoms in total. The monoisotopic (exact) mass is 792 g/mol. The molecule has 3 heterocycles. The van der Waals surface area contributed by atoms with E-state index in [0.717, 1.165) is 5.69 Å². The minimum absolute atomic E-state index is 1.16. The Bertz CT molecular complexity index is 3860. The van der Waals surface area contributed by atoms with Crippen LogP contribution in [0.2, 0.25) is 0 Å². The van der Waals surface area contributed by atoms with Gasteiger partial charge in [-0.1, -0.05) is 158 Å². The van der Waals surface area contributed by atoms with Gasteiger partial charge in [0.1, 0.15) is 0 Å². The van der Waals surface area contributed by atoms with Crippen molar-refractivity contribution in [2.75, 3.05) is 0 Å². The van der Waals surface area contributed by atoms with Crippen LogP contribution in [0.1, 0.15) is 0 Å². The third-order valence-corrected chi connectivity index (χ3v) is 14.0. The zero-order valence-corrected chi connectivity index (χ0v) is 33.9. The third kappa shape index (κ3) is 5.14. The van der Waals surface area contributed by atoms with E-state index in [0.29, 0.717) is 0 Å². The van der Waals surface area contributed by atoms with Gasteiger partial charge >= 0.3 is 0 Å². The molecule has 0 radical (unpaired) electrons. The first kappa shape index (κ1) is 34.2. The lowest BCUT2D eigenvalue weighted by molar-refractivity contribution is 1.18. The van der Waals surface area contributed by atoms with Crippen LogP contribution in [0.4, 0.5) is 0 Å². The molecule has 0 atom stereocenters. The fourth-order valence-corrected chi connectivity index (χ4v) is 11.3. The predicted molar refractivity (Wildman–Crippen MR) is 262 cm³/mol. The number of hydrogen-bond acceptors (Lipinski definition) is 1. The molecule has 0 fully saturated rings. The largest absolute Gasteiger partial charge is 0.309 e. The Kier molecular flexibility index (Phi) is 7.51. The lowest BCUT2D eigenvalue weighted by Gasteiger charge is -2.14. The third-order valence-electron chi connectivity index (χ3n) is 12.8. The molecule has 61 heavy (non-hydrogen) atoms. The minimum Gasteiger partial charge on any atom is -0.309 e. The van der Waals surface area contributed by atoms with E-state index in [4.69, 9.17) is 0 Å². The van der Waals surface area contributed by atoms with Crippen molar-refractivity contribution in [3.8, 4) is 44.8 Å². The van der Waals surface area contributed by atoms with Crippen molar-refractivity contribution in [1.29, 1.82) is 0 Å². The minimum atomic E-state index is 1.16. The van der Waals surface area contributed by atoms with Crippen LogP contribution >= 0.6 is 11.3 Å². The Morgan fingerprint density at radius 3 is 1.64 bits per heavy atom. The number of thiophene rings is 1. The Balaban J connectivity index is 0.941. The highest BCUT2D eigenvalue weighted by molar-refractivity contribution is 7.26. The average Bonchev–Trinajstić information content (AvgIpc) is 3.99. The van der Waals surface area contributed by atoms with E-state index in [-0.39, 0.29) is 0 Å². The molecule has 284 valence electrons. The van der Waals surface area contributed by atoms with Crippen LogP contribution in [0.25, 0.3) is 119 Å². The van der Waals surface area contributed by atoms with E-state index >= 15 is 0 Å². The Hall–Kier alpha value is -7.72. The molecule has 3 heteroatoms. The maximum absolute atomic E-state index is 2.42. The standard InChI is InChI=1S/C58H36N2S/c1-2-14-39(15-3-1)60-53-25-10-7-20-50(53)57-48(22-13-26-55(57)60)45-34-33-41(43-16-4-5-17-44(43)45)38-30-35-54-51(36-38)46-18-6-9-24-52(46)59(54)40-31-28-37(29-32-40)42-21-12-23-49-47-19-8-11-27-56(47)61-58(42)49/h1-36H. The number of fused-ring (bicyclic) bond motifs is 10. The Morgan fingerprint density at radius 1 is 0.279 bits per heavy atom. The molecule has 13 rings (SSSR count). The van der Waals surface area contributed by atoms with Crippen molar-refractivity contribution in [3.05, 3.63) is 218 Å². The van der Waals surface area contributed by atoms with Gasteiger partial charge in [0, 0.05) is 53.1 Å². The van der Waals surface area contributed by atoms with Crippen molar-refractivity contribution in [3.63, 3.8) is 0 Å². The summed E-state index contributed by atoms with van der Waals surface area (Å²) < 4.78 is 7.49. The number of rotatable bonds is 5. The van der Waals surface area contributed by atoms with E-state index < -0.39 is 0 Å². The lowest BCUT2D eigenvalue weighted by atomic mass is 9.90. The zero-order chi connectivity index (χ0) is 40.0. The van der Waals surface area contributed by atoms with Crippen LogP contribution in [-0.4, -0.2) is 9.13 Å². The first-order valence-corrected chi connectivity index (χ1v) is 21.7. The number of nitrogens with zero attached hydrogens (tertiary/aromatic N) is 2. The van der Waals surface area contributed by atoms with Gasteiger partial charge in [0.05, 0.1) is 22.1 Å². The quantitative estimate of drug-likeness (QED) is 0.164. The highest BCUT2D eigenvalue weighted by Crippen LogP contribution is 2.44. The maximum Gasteiger partial charge on any atom is 0.0547 e. The van der Waals surface area contributed by atoms with Crippen LogP contribution in [0.3, 0.4) is 0 Å². The molecule has 0 bridgehead atoms. The van der Waals surface area contributed by atoms with Gasteiger partial charge in [-0.25, -0.2) is 0 Å². The van der Waals surface area contributed by atoms with Crippen molar-refractivity contribution in [2.45, 2.75) is 0 Å². The molecule has 13 aromatic rings. The summed E-state index contributed by atoms with van der Waals surface area (Å²) in [5.74, 6) is 0. The van der Waals surface area contributed by atoms with Crippen molar-refractivity contribution in [1.82, 2.24) is 9.13 Å². The summed E-state index contributed by atoms with van der Waals surface area (Å²) in [6, 6.07) is 80.3. The smallest absolute Gasteiger partial charge is 0.0547 e. The van der Waals surface area contributed by atoms with Gasteiger partial charge < -0.3 is 9.13 Å². The molecular formula is C58H36N2S. The summed E-state index contributed by atoms with van der Waals surface area (Å²) in [7, 11) is 0. The van der Waals surface area contributed by atoms with Crippen molar-refractivity contribution in [2.24, 2.45) is 0 Å². The van der Waals surface area contributed by atoms with Crippen LogP contribution < -0.4 is 0 Å². The molecule has 0 saturated heterocycles. The van der Waals surface area contributed by atoms with E-state index in [9.17, 15) is 0 Å². The second kappa shape index (κ2) is 13.4. The summed E-state index contributed by atoms with van der Waals surface area (Å²) in [6.07, 6.45) is 0. The summed E-state index contributed by atoms with van der Waals surface area (Å²) in [5, 5.41) is 10.2.